The van der Waals surface area contributed by atoms with Gasteiger partial charge in [0.15, 0.2) is 0 Å². The zero-order valence-electron chi connectivity index (χ0n) is 10.9. The molecule has 1 nitrogen and oxygen atoms in total. The molecule has 0 radical (unpaired) electrons. The van der Waals surface area contributed by atoms with E-state index in [9.17, 15) is 4.39 Å². The molecule has 1 N–H and O–H groups in total. The summed E-state index contributed by atoms with van der Waals surface area (Å²) in [5.41, 5.74) is 1.05. The Balaban J connectivity index is 2.07. The molecule has 1 atom stereocenters. The van der Waals surface area contributed by atoms with Gasteiger partial charge in [-0.2, -0.15) is 0 Å². The van der Waals surface area contributed by atoms with Crippen molar-refractivity contribution >= 4 is 11.6 Å². The average molecular weight is 270 g/mol. The second kappa shape index (κ2) is 6.53. The Morgan fingerprint density at radius 1 is 1.39 bits per heavy atom. The Morgan fingerprint density at radius 3 is 2.72 bits per heavy atom. The molecule has 0 heterocycles. The van der Waals surface area contributed by atoms with Crippen LogP contribution in [-0.2, 0) is 6.42 Å². The van der Waals surface area contributed by atoms with Crippen LogP contribution in [0.5, 0.6) is 0 Å². The van der Waals surface area contributed by atoms with Crippen molar-refractivity contribution in [3.8, 4) is 0 Å². The van der Waals surface area contributed by atoms with Crippen LogP contribution >= 0.6 is 11.6 Å². The van der Waals surface area contributed by atoms with E-state index in [2.05, 4.69) is 12.2 Å². The molecule has 0 bridgehead atoms. The van der Waals surface area contributed by atoms with E-state index in [0.29, 0.717) is 11.1 Å². The Labute approximate surface area is 114 Å². The Bertz CT molecular complexity index is 388. The van der Waals surface area contributed by atoms with Crippen molar-refractivity contribution in [1.29, 1.82) is 0 Å². The second-order valence-electron chi connectivity index (χ2n) is 5.15. The molecule has 0 aromatic heterocycles. The average Bonchev–Trinajstić information content (AvgIpc) is 2.85. The number of hydrogen-bond acceptors (Lipinski definition) is 1. The highest BCUT2D eigenvalue weighted by Gasteiger charge is 2.25. The summed E-state index contributed by atoms with van der Waals surface area (Å²) in [6.45, 7) is 3.11. The molecule has 1 unspecified atom stereocenters. The van der Waals surface area contributed by atoms with Gasteiger partial charge in [0.2, 0.25) is 0 Å². The monoisotopic (exact) mass is 269 g/mol. The summed E-state index contributed by atoms with van der Waals surface area (Å²) in [5.74, 6) is 0.482. The molecule has 1 aromatic carbocycles. The largest absolute Gasteiger partial charge is 0.314 e. The van der Waals surface area contributed by atoms with E-state index in [4.69, 9.17) is 11.6 Å². The smallest absolute Gasteiger partial charge is 0.124 e. The van der Waals surface area contributed by atoms with E-state index in [1.165, 1.54) is 37.8 Å². The molecule has 0 aliphatic heterocycles. The van der Waals surface area contributed by atoms with Crippen LogP contribution in [0, 0.1) is 11.7 Å². The van der Waals surface area contributed by atoms with Crippen molar-refractivity contribution in [2.24, 2.45) is 5.92 Å². The minimum atomic E-state index is -0.260. The molecule has 1 fully saturated rings. The van der Waals surface area contributed by atoms with Gasteiger partial charge in [0, 0.05) is 11.1 Å². The van der Waals surface area contributed by atoms with Crippen LogP contribution in [-0.4, -0.2) is 12.6 Å². The topological polar surface area (TPSA) is 12.0 Å². The number of hydrogen-bond donors (Lipinski definition) is 1. The molecular weight excluding hydrogens is 249 g/mol. The van der Waals surface area contributed by atoms with Crippen LogP contribution in [0.4, 0.5) is 4.39 Å². The predicted molar refractivity (Wildman–Crippen MR) is 74.5 cm³/mol. The first-order valence-electron chi connectivity index (χ1n) is 6.88. The molecule has 0 saturated heterocycles. The van der Waals surface area contributed by atoms with E-state index >= 15 is 0 Å². The fraction of sp³-hybridized carbons (Fsp3) is 0.600. The third-order valence-electron chi connectivity index (χ3n) is 3.89. The molecule has 100 valence electrons. The summed E-state index contributed by atoms with van der Waals surface area (Å²) in [5, 5.41) is 4.11. The van der Waals surface area contributed by atoms with Gasteiger partial charge in [-0.15, -0.1) is 0 Å². The first kappa shape index (κ1) is 13.8. The van der Waals surface area contributed by atoms with Crippen LogP contribution in [0.1, 0.15) is 38.2 Å². The summed E-state index contributed by atoms with van der Waals surface area (Å²) >= 11 is 6.11. The lowest BCUT2D eigenvalue weighted by Gasteiger charge is -2.24. The molecule has 1 aliphatic rings. The molecular formula is C15H21ClFN. The molecule has 0 spiro atoms. The fourth-order valence-corrected chi connectivity index (χ4v) is 3.20. The van der Waals surface area contributed by atoms with Gasteiger partial charge in [0.05, 0.1) is 0 Å². The van der Waals surface area contributed by atoms with Gasteiger partial charge >= 0.3 is 0 Å². The maximum absolute atomic E-state index is 13.0. The minimum Gasteiger partial charge on any atom is -0.314 e. The molecule has 1 saturated carbocycles. The van der Waals surface area contributed by atoms with Gasteiger partial charge in [-0.25, -0.2) is 4.39 Å². The van der Waals surface area contributed by atoms with Gasteiger partial charge in [-0.3, -0.25) is 0 Å². The van der Waals surface area contributed by atoms with Crippen LogP contribution < -0.4 is 5.32 Å². The first-order valence-corrected chi connectivity index (χ1v) is 7.25. The Morgan fingerprint density at radius 2 is 2.11 bits per heavy atom. The van der Waals surface area contributed by atoms with Gasteiger partial charge in [-0.1, -0.05) is 37.4 Å². The van der Waals surface area contributed by atoms with Gasteiger partial charge in [0.1, 0.15) is 5.82 Å². The van der Waals surface area contributed by atoms with E-state index < -0.39 is 0 Å². The number of benzene rings is 1. The van der Waals surface area contributed by atoms with Crippen LogP contribution in [0.25, 0.3) is 0 Å². The number of halogens is 2. The quantitative estimate of drug-likeness (QED) is 0.845. The number of rotatable bonds is 5. The van der Waals surface area contributed by atoms with Gasteiger partial charge in [0.25, 0.3) is 0 Å². The summed E-state index contributed by atoms with van der Waals surface area (Å²) in [6, 6.07) is 5.20. The summed E-state index contributed by atoms with van der Waals surface area (Å²) in [7, 11) is 0. The van der Waals surface area contributed by atoms with Crippen LogP contribution in [0.15, 0.2) is 18.2 Å². The first-order chi connectivity index (χ1) is 8.70. The molecule has 3 heteroatoms. The lowest BCUT2D eigenvalue weighted by Crippen LogP contribution is -2.37. The van der Waals surface area contributed by atoms with E-state index in [1.54, 1.807) is 0 Å². The summed E-state index contributed by atoms with van der Waals surface area (Å²) < 4.78 is 13.0. The molecule has 18 heavy (non-hydrogen) atoms. The third kappa shape index (κ3) is 3.46. The van der Waals surface area contributed by atoms with Crippen molar-refractivity contribution in [3.63, 3.8) is 0 Å². The maximum atomic E-state index is 13.0. The molecule has 0 amide bonds. The maximum Gasteiger partial charge on any atom is 0.124 e. The normalized spacial score (nSPS) is 18.2. The van der Waals surface area contributed by atoms with E-state index in [1.807, 2.05) is 6.07 Å². The van der Waals surface area contributed by atoms with Gasteiger partial charge in [-0.05, 0) is 49.4 Å². The zero-order valence-corrected chi connectivity index (χ0v) is 11.6. The van der Waals surface area contributed by atoms with Crippen LogP contribution in [0.2, 0.25) is 5.02 Å². The second-order valence-corrected chi connectivity index (χ2v) is 5.56. The van der Waals surface area contributed by atoms with Crippen molar-refractivity contribution in [3.05, 3.63) is 34.6 Å². The molecule has 2 rings (SSSR count). The zero-order chi connectivity index (χ0) is 13.0. The summed E-state index contributed by atoms with van der Waals surface area (Å²) in [6.07, 6.45) is 6.18. The van der Waals surface area contributed by atoms with Crippen molar-refractivity contribution in [2.45, 2.75) is 45.1 Å². The molecule has 1 aromatic rings. The van der Waals surface area contributed by atoms with Crippen molar-refractivity contribution in [1.82, 2.24) is 5.32 Å². The van der Waals surface area contributed by atoms with Gasteiger partial charge < -0.3 is 5.32 Å². The lowest BCUT2D eigenvalue weighted by atomic mass is 9.92. The lowest BCUT2D eigenvalue weighted by molar-refractivity contribution is 0.362. The molecule has 1 aliphatic carbocycles. The van der Waals surface area contributed by atoms with E-state index in [-0.39, 0.29) is 5.82 Å². The summed E-state index contributed by atoms with van der Waals surface area (Å²) in [4.78, 5) is 0. The predicted octanol–water partition coefficient (Wildman–Crippen LogP) is 4.19. The van der Waals surface area contributed by atoms with Crippen molar-refractivity contribution < 1.29 is 4.39 Å². The minimum absolute atomic E-state index is 0.260. The highest BCUT2D eigenvalue weighted by Crippen LogP contribution is 2.30. The number of likely N-dealkylation sites (N-methyl/N-ethyl adjacent to an activating group) is 1. The van der Waals surface area contributed by atoms with Crippen LogP contribution in [0.3, 0.4) is 0 Å². The third-order valence-corrected chi connectivity index (χ3v) is 4.24. The van der Waals surface area contributed by atoms with E-state index in [0.717, 1.165) is 24.4 Å². The fourth-order valence-electron chi connectivity index (χ4n) is 2.95. The standard InChI is InChI=1S/C15H21ClFN/c1-2-18-15(11-5-3-4-6-11)9-12-7-8-13(17)10-14(12)16/h7-8,10-11,15,18H,2-6,9H2,1H3. The Hall–Kier alpha value is -0.600. The SMILES string of the molecule is CCNC(Cc1ccc(F)cc1Cl)C1CCCC1. The Kier molecular flexibility index (Phi) is 5.02. The van der Waals surface area contributed by atoms with Crippen molar-refractivity contribution in [2.75, 3.05) is 6.54 Å². The highest BCUT2D eigenvalue weighted by molar-refractivity contribution is 6.31. The highest BCUT2D eigenvalue weighted by atomic mass is 35.5. The number of nitrogens with one attached hydrogen (secondary N) is 1.